The Kier molecular flexibility index (Phi) is 5.28. The standard InChI is InChI=1S/C18H15BrN2O6S/c1-10-14(7-11-8-15(19)17(22)16(9-11)27-2)18(23)21(20-10)12-3-5-13(6-4-12)28(24,25)26/h3-9,22H,1-2H3,(H,24,25,26)/b14-7-. The van der Waals surface area contributed by atoms with Crippen LogP contribution in [0.4, 0.5) is 5.69 Å². The number of benzene rings is 2. The second-order valence-corrected chi connectivity index (χ2v) is 8.16. The fraction of sp³-hybridized carbons (Fsp3) is 0.111. The van der Waals surface area contributed by atoms with Gasteiger partial charge in [0, 0.05) is 0 Å². The minimum Gasteiger partial charge on any atom is -0.503 e. The quantitative estimate of drug-likeness (QED) is 0.527. The number of aromatic hydroxyl groups is 1. The molecule has 0 fully saturated rings. The Morgan fingerprint density at radius 2 is 1.86 bits per heavy atom. The van der Waals surface area contributed by atoms with E-state index >= 15 is 0 Å². The number of hydrazone groups is 1. The van der Waals surface area contributed by atoms with Crippen LogP contribution in [0.2, 0.25) is 0 Å². The topological polar surface area (TPSA) is 116 Å². The van der Waals surface area contributed by atoms with Crippen LogP contribution < -0.4 is 9.75 Å². The highest BCUT2D eigenvalue weighted by Gasteiger charge is 2.29. The number of ether oxygens (including phenoxy) is 1. The first-order valence-electron chi connectivity index (χ1n) is 7.87. The molecule has 0 radical (unpaired) electrons. The number of rotatable bonds is 4. The molecule has 10 heteroatoms. The van der Waals surface area contributed by atoms with Gasteiger partial charge < -0.3 is 9.84 Å². The molecule has 8 nitrogen and oxygen atoms in total. The number of anilines is 1. The maximum absolute atomic E-state index is 12.8. The van der Waals surface area contributed by atoms with Gasteiger partial charge in [0.05, 0.1) is 33.5 Å². The van der Waals surface area contributed by atoms with Crippen molar-refractivity contribution in [3.05, 3.63) is 52.0 Å². The molecule has 146 valence electrons. The van der Waals surface area contributed by atoms with Crippen LogP contribution in [0.15, 0.2) is 56.4 Å². The van der Waals surface area contributed by atoms with E-state index in [4.69, 9.17) is 9.29 Å². The molecule has 0 unspecified atom stereocenters. The van der Waals surface area contributed by atoms with E-state index < -0.39 is 16.0 Å². The molecule has 0 atom stereocenters. The Morgan fingerprint density at radius 3 is 2.43 bits per heavy atom. The number of halogens is 1. The number of carbonyl (C=O) groups excluding carboxylic acids is 1. The van der Waals surface area contributed by atoms with Crippen molar-refractivity contribution < 1.29 is 27.6 Å². The van der Waals surface area contributed by atoms with Crippen molar-refractivity contribution in [2.24, 2.45) is 5.10 Å². The van der Waals surface area contributed by atoms with Crippen molar-refractivity contribution in [1.29, 1.82) is 0 Å². The smallest absolute Gasteiger partial charge is 0.294 e. The fourth-order valence-electron chi connectivity index (χ4n) is 2.62. The zero-order chi connectivity index (χ0) is 20.6. The lowest BCUT2D eigenvalue weighted by atomic mass is 10.1. The molecule has 1 heterocycles. The van der Waals surface area contributed by atoms with E-state index in [1.807, 2.05) is 0 Å². The lowest BCUT2D eigenvalue weighted by molar-refractivity contribution is -0.114. The monoisotopic (exact) mass is 466 g/mol. The summed E-state index contributed by atoms with van der Waals surface area (Å²) in [7, 11) is -2.90. The predicted molar refractivity (Wildman–Crippen MR) is 107 cm³/mol. The highest BCUT2D eigenvalue weighted by Crippen LogP contribution is 2.36. The molecule has 2 N–H and O–H groups in total. The first-order chi connectivity index (χ1) is 13.1. The number of phenolic OH excluding ortho intramolecular Hbond substituents is 1. The Hall–Kier alpha value is -2.69. The summed E-state index contributed by atoms with van der Waals surface area (Å²) in [5.74, 6) is -0.201. The molecule has 0 bridgehead atoms. The number of hydrogen-bond acceptors (Lipinski definition) is 6. The summed E-state index contributed by atoms with van der Waals surface area (Å²) in [6, 6.07) is 8.34. The molecule has 3 rings (SSSR count). The van der Waals surface area contributed by atoms with Crippen molar-refractivity contribution in [3.63, 3.8) is 0 Å². The van der Waals surface area contributed by atoms with Gasteiger partial charge in [-0.25, -0.2) is 0 Å². The third-order valence-electron chi connectivity index (χ3n) is 4.02. The fourth-order valence-corrected chi connectivity index (χ4v) is 3.56. The summed E-state index contributed by atoms with van der Waals surface area (Å²) in [5, 5.41) is 15.3. The molecule has 0 saturated heterocycles. The van der Waals surface area contributed by atoms with Crippen LogP contribution in [0.1, 0.15) is 12.5 Å². The van der Waals surface area contributed by atoms with Gasteiger partial charge in [-0.05, 0) is 70.9 Å². The minimum atomic E-state index is -4.32. The van der Waals surface area contributed by atoms with Gasteiger partial charge in [-0.3, -0.25) is 9.35 Å². The van der Waals surface area contributed by atoms with Crippen molar-refractivity contribution in [2.45, 2.75) is 11.8 Å². The number of carbonyl (C=O) groups is 1. The Bertz CT molecular complexity index is 1120. The normalized spacial score (nSPS) is 15.9. The van der Waals surface area contributed by atoms with Gasteiger partial charge in [-0.15, -0.1) is 0 Å². The average molecular weight is 467 g/mol. The van der Waals surface area contributed by atoms with E-state index in [1.54, 1.807) is 25.1 Å². The lowest BCUT2D eigenvalue weighted by Gasteiger charge is -2.12. The first kappa shape index (κ1) is 20.1. The minimum absolute atomic E-state index is 0.0478. The zero-order valence-electron chi connectivity index (χ0n) is 14.7. The highest BCUT2D eigenvalue weighted by atomic mass is 79.9. The van der Waals surface area contributed by atoms with Gasteiger partial charge in [0.2, 0.25) is 0 Å². The molecule has 28 heavy (non-hydrogen) atoms. The van der Waals surface area contributed by atoms with Gasteiger partial charge >= 0.3 is 0 Å². The molecule has 2 aromatic carbocycles. The Morgan fingerprint density at radius 1 is 1.21 bits per heavy atom. The van der Waals surface area contributed by atoms with Gasteiger partial charge in [-0.1, -0.05) is 0 Å². The van der Waals surface area contributed by atoms with E-state index in [1.165, 1.54) is 31.4 Å². The third-order valence-corrected chi connectivity index (χ3v) is 5.50. The molecule has 0 aliphatic carbocycles. The number of hydrogen-bond donors (Lipinski definition) is 2. The number of nitrogens with zero attached hydrogens (tertiary/aromatic N) is 2. The van der Waals surface area contributed by atoms with Crippen LogP contribution in [-0.2, 0) is 14.9 Å². The molecule has 2 aromatic rings. The first-order valence-corrected chi connectivity index (χ1v) is 10.1. The van der Waals surface area contributed by atoms with E-state index in [0.29, 0.717) is 27.0 Å². The largest absolute Gasteiger partial charge is 0.503 e. The maximum Gasteiger partial charge on any atom is 0.294 e. The van der Waals surface area contributed by atoms with Crippen molar-refractivity contribution in [2.75, 3.05) is 12.1 Å². The number of phenols is 1. The van der Waals surface area contributed by atoms with Gasteiger partial charge in [0.1, 0.15) is 0 Å². The highest BCUT2D eigenvalue weighted by molar-refractivity contribution is 9.10. The summed E-state index contributed by atoms with van der Waals surface area (Å²) in [4.78, 5) is 12.5. The number of amides is 1. The molecule has 0 saturated carbocycles. The van der Waals surface area contributed by atoms with Crippen molar-refractivity contribution in [3.8, 4) is 11.5 Å². The summed E-state index contributed by atoms with van der Waals surface area (Å²) in [6.07, 6.45) is 1.61. The van der Waals surface area contributed by atoms with Crippen LogP contribution in [-0.4, -0.2) is 36.8 Å². The maximum atomic E-state index is 12.8. The molecule has 0 aromatic heterocycles. The molecular formula is C18H15BrN2O6S. The van der Waals surface area contributed by atoms with Crippen LogP contribution in [0, 0.1) is 0 Å². The average Bonchev–Trinajstić information content (AvgIpc) is 2.92. The summed E-state index contributed by atoms with van der Waals surface area (Å²) in [5.41, 5.74) is 1.76. The Labute approximate surface area is 169 Å². The summed E-state index contributed by atoms with van der Waals surface area (Å²) >= 11 is 3.23. The van der Waals surface area contributed by atoms with Crippen LogP contribution in [0.5, 0.6) is 11.5 Å². The van der Waals surface area contributed by atoms with Crippen LogP contribution in [0.3, 0.4) is 0 Å². The van der Waals surface area contributed by atoms with E-state index in [2.05, 4.69) is 21.0 Å². The van der Waals surface area contributed by atoms with Gasteiger partial charge in [0.15, 0.2) is 11.5 Å². The molecular weight excluding hydrogens is 452 g/mol. The van der Waals surface area contributed by atoms with Gasteiger partial charge in [0.25, 0.3) is 16.0 Å². The lowest BCUT2D eigenvalue weighted by Crippen LogP contribution is -2.21. The second-order valence-electron chi connectivity index (χ2n) is 5.88. The van der Waals surface area contributed by atoms with E-state index in [-0.39, 0.29) is 16.4 Å². The molecule has 1 aliphatic heterocycles. The van der Waals surface area contributed by atoms with Crippen LogP contribution in [0.25, 0.3) is 6.08 Å². The molecule has 1 aliphatic rings. The molecule has 0 spiro atoms. The third kappa shape index (κ3) is 3.79. The number of methoxy groups -OCH3 is 1. The van der Waals surface area contributed by atoms with E-state index in [9.17, 15) is 18.3 Å². The van der Waals surface area contributed by atoms with Crippen molar-refractivity contribution >= 4 is 49.4 Å². The van der Waals surface area contributed by atoms with E-state index in [0.717, 1.165) is 5.01 Å². The van der Waals surface area contributed by atoms with Crippen molar-refractivity contribution in [1.82, 2.24) is 0 Å². The van der Waals surface area contributed by atoms with Gasteiger partial charge in [-0.2, -0.15) is 18.5 Å². The predicted octanol–water partition coefficient (Wildman–Crippen LogP) is 3.22. The summed E-state index contributed by atoms with van der Waals surface area (Å²) < 4.78 is 36.9. The molecule has 1 amide bonds. The second kappa shape index (κ2) is 7.38. The Balaban J connectivity index is 1.95. The summed E-state index contributed by atoms with van der Waals surface area (Å²) in [6.45, 7) is 1.67. The SMILES string of the molecule is COc1cc(/C=C2\C(=O)N(c3ccc(S(=O)(=O)O)cc3)N=C2C)cc(Br)c1O. The van der Waals surface area contributed by atoms with Crippen LogP contribution >= 0.6 is 15.9 Å². The zero-order valence-corrected chi connectivity index (χ0v) is 17.2.